The van der Waals surface area contributed by atoms with E-state index < -0.39 is 17.8 Å². The minimum Gasteiger partial charge on any atom is -0.383 e. The first-order chi connectivity index (χ1) is 15.1. The molecule has 1 aliphatic heterocycles. The fourth-order valence-corrected chi connectivity index (χ4v) is 5.73. The molecule has 172 valence electrons. The predicted octanol–water partition coefficient (Wildman–Crippen LogP) is 3.43. The maximum absolute atomic E-state index is 13.3. The van der Waals surface area contributed by atoms with E-state index in [1.807, 2.05) is 4.90 Å². The molecule has 2 fully saturated rings. The fraction of sp³-hybridized carbons (Fsp3) is 0.476. The Labute approximate surface area is 187 Å². The predicted molar refractivity (Wildman–Crippen MR) is 116 cm³/mol. The van der Waals surface area contributed by atoms with Crippen LogP contribution in [-0.4, -0.2) is 35.0 Å². The van der Waals surface area contributed by atoms with Gasteiger partial charge in [0.1, 0.15) is 11.6 Å². The van der Waals surface area contributed by atoms with Gasteiger partial charge in [-0.1, -0.05) is 18.2 Å². The quantitative estimate of drug-likeness (QED) is 0.631. The molecule has 2 aromatic rings. The fourth-order valence-electron chi connectivity index (χ4n) is 4.76. The number of primary amides is 1. The molecule has 7 nitrogen and oxygen atoms in total. The second kappa shape index (κ2) is 8.43. The first-order valence-electron chi connectivity index (χ1n) is 10.4. The van der Waals surface area contributed by atoms with Crippen molar-refractivity contribution in [3.63, 3.8) is 0 Å². The Hall–Kier alpha value is -2.53. The van der Waals surface area contributed by atoms with Crippen molar-refractivity contribution in [1.82, 2.24) is 9.97 Å². The summed E-state index contributed by atoms with van der Waals surface area (Å²) in [5.41, 5.74) is 17.3. The summed E-state index contributed by atoms with van der Waals surface area (Å²) in [4.78, 5) is 22.1. The van der Waals surface area contributed by atoms with E-state index in [0.717, 1.165) is 50.1 Å². The summed E-state index contributed by atoms with van der Waals surface area (Å²) in [6.45, 7) is 1.32. The molecule has 1 amide bonds. The molecule has 3 heterocycles. The molecule has 0 radical (unpaired) electrons. The molecule has 1 spiro atoms. The van der Waals surface area contributed by atoms with Crippen molar-refractivity contribution >= 4 is 29.3 Å². The number of halogens is 3. The summed E-state index contributed by atoms with van der Waals surface area (Å²) in [6, 6.07) is 4.30. The van der Waals surface area contributed by atoms with Crippen LogP contribution in [0.2, 0.25) is 0 Å². The van der Waals surface area contributed by atoms with Gasteiger partial charge in [-0.3, -0.25) is 9.78 Å². The molecule has 0 bridgehead atoms. The zero-order valence-corrected chi connectivity index (χ0v) is 18.2. The number of piperidine rings is 1. The molecule has 2 aliphatic rings. The third-order valence-electron chi connectivity index (χ3n) is 6.55. The lowest BCUT2D eigenvalue weighted by molar-refractivity contribution is -0.143. The molecule has 0 unspecified atom stereocenters. The molecule has 32 heavy (non-hydrogen) atoms. The largest absolute Gasteiger partial charge is 0.434 e. The topological polar surface area (TPSA) is 124 Å². The number of nitrogens with two attached hydrogens (primary N) is 3. The number of amides is 1. The van der Waals surface area contributed by atoms with Gasteiger partial charge in [0.05, 0.1) is 10.5 Å². The summed E-state index contributed by atoms with van der Waals surface area (Å²) >= 11 is 0.757. The van der Waals surface area contributed by atoms with Crippen molar-refractivity contribution in [2.45, 2.75) is 54.1 Å². The second-order valence-electron chi connectivity index (χ2n) is 8.41. The third-order valence-corrected chi connectivity index (χ3v) is 7.65. The zero-order chi connectivity index (χ0) is 23.1. The number of pyridine rings is 2. The maximum atomic E-state index is 13.3. The maximum Gasteiger partial charge on any atom is 0.434 e. The average Bonchev–Trinajstić information content (AvgIpc) is 3.09. The van der Waals surface area contributed by atoms with Gasteiger partial charge >= 0.3 is 6.18 Å². The summed E-state index contributed by atoms with van der Waals surface area (Å²) < 4.78 is 39.9. The van der Waals surface area contributed by atoms with Crippen molar-refractivity contribution in [3.8, 4) is 0 Å². The van der Waals surface area contributed by atoms with Crippen molar-refractivity contribution in [2.24, 2.45) is 16.9 Å². The van der Waals surface area contributed by atoms with Crippen LogP contribution in [0.4, 0.5) is 24.8 Å². The molecule has 4 rings (SSSR count). The van der Waals surface area contributed by atoms with Crippen molar-refractivity contribution < 1.29 is 18.0 Å². The van der Waals surface area contributed by atoms with Crippen LogP contribution in [0.25, 0.3) is 0 Å². The SMILES string of the molecule is NC(=O)c1cc(Sc2cccnc2C(F)(F)F)c(N)nc1N1CCC2(CCC[C@H]2N)CC1. The number of nitrogens with zero attached hydrogens (tertiary/aromatic N) is 3. The first kappa shape index (κ1) is 22.7. The Morgan fingerprint density at radius 3 is 2.53 bits per heavy atom. The van der Waals surface area contributed by atoms with Crippen LogP contribution in [0.5, 0.6) is 0 Å². The highest BCUT2D eigenvalue weighted by atomic mass is 32.2. The molecule has 11 heteroatoms. The van der Waals surface area contributed by atoms with Gasteiger partial charge in [-0.05, 0) is 49.3 Å². The molecule has 1 saturated carbocycles. The Morgan fingerprint density at radius 1 is 1.22 bits per heavy atom. The van der Waals surface area contributed by atoms with E-state index >= 15 is 0 Å². The lowest BCUT2D eigenvalue weighted by Gasteiger charge is -2.42. The lowest BCUT2D eigenvalue weighted by Crippen LogP contribution is -2.47. The molecule has 1 atom stereocenters. The first-order valence-corrected chi connectivity index (χ1v) is 11.2. The van der Waals surface area contributed by atoms with Crippen LogP contribution in [0, 0.1) is 5.41 Å². The van der Waals surface area contributed by atoms with Crippen molar-refractivity contribution in [2.75, 3.05) is 23.7 Å². The van der Waals surface area contributed by atoms with E-state index in [-0.39, 0.29) is 32.6 Å². The van der Waals surface area contributed by atoms with Gasteiger partial charge in [-0.15, -0.1) is 0 Å². The molecular weight excluding hydrogens is 441 g/mol. The van der Waals surface area contributed by atoms with E-state index in [1.165, 1.54) is 18.2 Å². The minimum absolute atomic E-state index is 0.0323. The Kier molecular flexibility index (Phi) is 5.97. The average molecular weight is 467 g/mol. The highest BCUT2D eigenvalue weighted by Crippen LogP contribution is 2.46. The summed E-state index contributed by atoms with van der Waals surface area (Å²) in [5.74, 6) is -0.317. The number of rotatable bonds is 4. The van der Waals surface area contributed by atoms with Crippen LogP contribution < -0.4 is 22.1 Å². The Balaban J connectivity index is 1.62. The van der Waals surface area contributed by atoms with Crippen LogP contribution in [0.15, 0.2) is 34.2 Å². The highest BCUT2D eigenvalue weighted by Gasteiger charge is 2.43. The van der Waals surface area contributed by atoms with Gasteiger partial charge < -0.3 is 22.1 Å². The molecule has 0 aromatic carbocycles. The number of hydrogen-bond donors (Lipinski definition) is 3. The van der Waals surface area contributed by atoms with Crippen LogP contribution in [0.1, 0.15) is 48.2 Å². The number of alkyl halides is 3. The van der Waals surface area contributed by atoms with Crippen molar-refractivity contribution in [3.05, 3.63) is 35.7 Å². The number of aromatic nitrogens is 2. The molecule has 6 N–H and O–H groups in total. The Bertz CT molecular complexity index is 1020. The van der Waals surface area contributed by atoms with E-state index in [4.69, 9.17) is 17.2 Å². The van der Waals surface area contributed by atoms with Gasteiger partial charge in [0.2, 0.25) is 0 Å². The monoisotopic (exact) mass is 466 g/mol. The van der Waals surface area contributed by atoms with Crippen LogP contribution in [-0.2, 0) is 6.18 Å². The van der Waals surface area contributed by atoms with Crippen molar-refractivity contribution in [1.29, 1.82) is 0 Å². The zero-order valence-electron chi connectivity index (χ0n) is 17.4. The molecule has 2 aromatic heterocycles. The minimum atomic E-state index is -4.62. The standard InChI is InChI=1S/C21H25F3N6OS/c22-21(23,24)16-13(3-2-8-28-16)32-14-11-12(18(27)31)19(29-17(14)26)30-9-6-20(7-10-30)5-1-4-15(20)25/h2-3,8,11,15H,1,4-7,9-10,25H2,(H2,26,29)(H2,27,31)/t15-/m1/s1. The normalized spacial score (nSPS) is 20.6. The van der Waals surface area contributed by atoms with E-state index in [0.29, 0.717) is 18.9 Å². The highest BCUT2D eigenvalue weighted by molar-refractivity contribution is 7.99. The van der Waals surface area contributed by atoms with Gasteiger partial charge in [0.25, 0.3) is 5.91 Å². The summed E-state index contributed by atoms with van der Waals surface area (Å²) in [7, 11) is 0. The van der Waals surface area contributed by atoms with E-state index in [2.05, 4.69) is 9.97 Å². The van der Waals surface area contributed by atoms with Crippen LogP contribution in [0.3, 0.4) is 0 Å². The third kappa shape index (κ3) is 4.23. The number of anilines is 2. The summed E-state index contributed by atoms with van der Waals surface area (Å²) in [6.07, 6.45) is 1.47. The molecule has 1 aliphatic carbocycles. The Morgan fingerprint density at radius 2 is 1.94 bits per heavy atom. The van der Waals surface area contributed by atoms with Gasteiger partial charge in [0, 0.05) is 30.2 Å². The van der Waals surface area contributed by atoms with E-state index in [1.54, 1.807) is 0 Å². The van der Waals surface area contributed by atoms with Gasteiger partial charge in [0.15, 0.2) is 5.69 Å². The number of nitrogen functional groups attached to an aromatic ring is 1. The van der Waals surface area contributed by atoms with Crippen LogP contribution >= 0.6 is 11.8 Å². The number of carbonyl (C=O) groups excluding carboxylic acids is 1. The summed E-state index contributed by atoms with van der Waals surface area (Å²) in [5, 5.41) is 0. The number of carbonyl (C=O) groups is 1. The van der Waals surface area contributed by atoms with E-state index in [9.17, 15) is 18.0 Å². The lowest BCUT2D eigenvalue weighted by atomic mass is 9.74. The molecular formula is C21H25F3N6OS. The number of hydrogen-bond acceptors (Lipinski definition) is 7. The molecule has 1 saturated heterocycles. The van der Waals surface area contributed by atoms with Gasteiger partial charge in [-0.25, -0.2) is 4.98 Å². The second-order valence-corrected chi connectivity index (χ2v) is 9.49. The van der Waals surface area contributed by atoms with Gasteiger partial charge in [-0.2, -0.15) is 13.2 Å². The smallest absolute Gasteiger partial charge is 0.383 e.